The van der Waals surface area contributed by atoms with Crippen molar-refractivity contribution in [2.45, 2.75) is 18.6 Å². The molecular formula is C14H14FN3O2S. The molecule has 0 aliphatic heterocycles. The molecule has 5 nitrogen and oxygen atoms in total. The number of nitrogens with one attached hydrogen (secondary N) is 2. The lowest BCUT2D eigenvalue weighted by Crippen LogP contribution is -2.24. The van der Waals surface area contributed by atoms with Gasteiger partial charge in [-0.1, -0.05) is 23.9 Å². The van der Waals surface area contributed by atoms with Gasteiger partial charge in [-0.25, -0.2) is 9.37 Å². The van der Waals surface area contributed by atoms with E-state index in [9.17, 15) is 14.0 Å². The van der Waals surface area contributed by atoms with Crippen LogP contribution < -0.4 is 10.9 Å². The van der Waals surface area contributed by atoms with Crippen LogP contribution in [0.15, 0.2) is 40.3 Å². The molecule has 1 aromatic heterocycles. The Hall–Kier alpha value is -2.15. The van der Waals surface area contributed by atoms with Crippen LogP contribution in [-0.4, -0.2) is 21.6 Å². The van der Waals surface area contributed by atoms with Crippen LogP contribution in [0.4, 0.5) is 4.39 Å². The van der Waals surface area contributed by atoms with Crippen molar-refractivity contribution in [2.75, 3.05) is 5.75 Å². The van der Waals surface area contributed by atoms with Gasteiger partial charge >= 0.3 is 0 Å². The zero-order valence-electron chi connectivity index (χ0n) is 11.4. The van der Waals surface area contributed by atoms with Gasteiger partial charge in [0.2, 0.25) is 5.91 Å². The minimum absolute atomic E-state index is 0.146. The van der Waals surface area contributed by atoms with Crippen LogP contribution in [0.1, 0.15) is 11.3 Å². The van der Waals surface area contributed by atoms with Crippen molar-refractivity contribution >= 4 is 17.7 Å². The van der Waals surface area contributed by atoms with E-state index in [1.807, 2.05) is 0 Å². The van der Waals surface area contributed by atoms with Crippen LogP contribution in [0.2, 0.25) is 0 Å². The molecule has 0 fully saturated rings. The third kappa shape index (κ3) is 5.03. The minimum Gasteiger partial charge on any atom is -0.351 e. The summed E-state index contributed by atoms with van der Waals surface area (Å²) in [5.74, 6) is -0.350. The van der Waals surface area contributed by atoms with Crippen molar-refractivity contribution in [3.63, 3.8) is 0 Å². The Morgan fingerprint density at radius 1 is 1.38 bits per heavy atom. The third-order valence-corrected chi connectivity index (χ3v) is 3.46. The van der Waals surface area contributed by atoms with Crippen molar-refractivity contribution in [3.8, 4) is 0 Å². The molecule has 1 aromatic carbocycles. The topological polar surface area (TPSA) is 74.8 Å². The molecule has 1 amide bonds. The summed E-state index contributed by atoms with van der Waals surface area (Å²) in [4.78, 5) is 29.6. The van der Waals surface area contributed by atoms with Crippen molar-refractivity contribution in [1.29, 1.82) is 0 Å². The van der Waals surface area contributed by atoms with Crippen molar-refractivity contribution in [2.24, 2.45) is 0 Å². The molecule has 110 valence electrons. The fraction of sp³-hybridized carbons (Fsp3) is 0.214. The zero-order valence-corrected chi connectivity index (χ0v) is 12.2. The Bertz CT molecular complexity index is 685. The van der Waals surface area contributed by atoms with E-state index < -0.39 is 0 Å². The molecule has 21 heavy (non-hydrogen) atoms. The molecule has 0 radical (unpaired) electrons. The Morgan fingerprint density at radius 3 is 2.76 bits per heavy atom. The van der Waals surface area contributed by atoms with E-state index in [0.29, 0.717) is 17.4 Å². The maximum Gasteiger partial charge on any atom is 0.251 e. The number of H-pyrrole nitrogens is 1. The number of hydrogen-bond donors (Lipinski definition) is 2. The Labute approximate surface area is 125 Å². The van der Waals surface area contributed by atoms with Gasteiger partial charge in [0.15, 0.2) is 5.16 Å². The lowest BCUT2D eigenvalue weighted by molar-refractivity contribution is -0.118. The van der Waals surface area contributed by atoms with Crippen LogP contribution >= 0.6 is 11.8 Å². The maximum absolute atomic E-state index is 12.7. The molecule has 0 saturated carbocycles. The van der Waals surface area contributed by atoms with Gasteiger partial charge in [0.25, 0.3) is 5.56 Å². The number of aromatic amines is 1. The van der Waals surface area contributed by atoms with E-state index >= 15 is 0 Å². The monoisotopic (exact) mass is 307 g/mol. The molecule has 7 heteroatoms. The lowest BCUT2D eigenvalue weighted by Gasteiger charge is -2.05. The quantitative estimate of drug-likeness (QED) is 0.650. The van der Waals surface area contributed by atoms with Crippen LogP contribution in [0.25, 0.3) is 0 Å². The number of aromatic nitrogens is 2. The minimum atomic E-state index is -0.310. The summed E-state index contributed by atoms with van der Waals surface area (Å²) in [6, 6.07) is 7.30. The molecule has 2 aromatic rings. The molecule has 2 rings (SSSR count). The second-order valence-electron chi connectivity index (χ2n) is 4.38. The highest BCUT2D eigenvalue weighted by atomic mass is 32.2. The predicted molar refractivity (Wildman–Crippen MR) is 78.6 cm³/mol. The van der Waals surface area contributed by atoms with Crippen LogP contribution in [-0.2, 0) is 11.3 Å². The molecule has 0 saturated heterocycles. The average Bonchev–Trinajstić information content (AvgIpc) is 2.43. The number of hydrogen-bond acceptors (Lipinski definition) is 4. The van der Waals surface area contributed by atoms with E-state index in [1.54, 1.807) is 19.1 Å². The van der Waals surface area contributed by atoms with Crippen molar-refractivity contribution in [1.82, 2.24) is 15.3 Å². The highest BCUT2D eigenvalue weighted by Gasteiger charge is 2.05. The fourth-order valence-corrected chi connectivity index (χ4v) is 2.36. The van der Waals surface area contributed by atoms with Crippen LogP contribution in [0.3, 0.4) is 0 Å². The third-order valence-electron chi connectivity index (χ3n) is 2.59. The Balaban J connectivity index is 1.82. The van der Waals surface area contributed by atoms with Gasteiger partial charge < -0.3 is 10.3 Å². The highest BCUT2D eigenvalue weighted by molar-refractivity contribution is 7.99. The number of thioether (sulfide) groups is 1. The molecule has 2 N–H and O–H groups in total. The molecule has 0 unspecified atom stereocenters. The number of aryl methyl sites for hydroxylation is 1. The Morgan fingerprint density at radius 2 is 2.10 bits per heavy atom. The lowest BCUT2D eigenvalue weighted by atomic mass is 10.2. The van der Waals surface area contributed by atoms with Crippen molar-refractivity contribution < 1.29 is 9.18 Å². The summed E-state index contributed by atoms with van der Waals surface area (Å²) in [5.41, 5.74) is 1.18. The first-order chi connectivity index (χ1) is 10.0. The standard InChI is InChI=1S/C14H14FN3O2S/c1-9-6-12(19)18-14(17-9)21-8-13(20)16-7-10-2-4-11(15)5-3-10/h2-6H,7-8H2,1H3,(H,16,20)(H,17,18,19). The number of rotatable bonds is 5. The number of benzene rings is 1. The van der Waals surface area contributed by atoms with Crippen LogP contribution in [0.5, 0.6) is 0 Å². The predicted octanol–water partition coefficient (Wildman–Crippen LogP) is 1.63. The SMILES string of the molecule is Cc1cc(=O)[nH]c(SCC(=O)NCc2ccc(F)cc2)n1. The van der Waals surface area contributed by atoms with E-state index in [-0.39, 0.29) is 23.0 Å². The van der Waals surface area contributed by atoms with E-state index in [4.69, 9.17) is 0 Å². The summed E-state index contributed by atoms with van der Waals surface area (Å²) < 4.78 is 12.7. The first-order valence-corrected chi connectivity index (χ1v) is 7.23. The van der Waals surface area contributed by atoms with E-state index in [1.165, 1.54) is 18.2 Å². The normalized spacial score (nSPS) is 10.4. The van der Waals surface area contributed by atoms with E-state index in [2.05, 4.69) is 15.3 Å². The second kappa shape index (κ2) is 7.03. The molecule has 0 aliphatic rings. The number of nitrogens with zero attached hydrogens (tertiary/aromatic N) is 1. The maximum atomic E-state index is 12.7. The Kier molecular flexibility index (Phi) is 5.10. The summed E-state index contributed by atoms with van der Waals surface area (Å²) in [7, 11) is 0. The second-order valence-corrected chi connectivity index (χ2v) is 5.35. The van der Waals surface area contributed by atoms with Gasteiger partial charge in [0.1, 0.15) is 5.82 Å². The summed E-state index contributed by atoms with van der Waals surface area (Å²) >= 11 is 1.16. The van der Waals surface area contributed by atoms with Gasteiger partial charge in [-0.15, -0.1) is 0 Å². The number of carbonyl (C=O) groups is 1. The van der Waals surface area contributed by atoms with Gasteiger partial charge in [0, 0.05) is 18.3 Å². The van der Waals surface area contributed by atoms with Gasteiger partial charge in [-0.3, -0.25) is 9.59 Å². The smallest absolute Gasteiger partial charge is 0.251 e. The molecule has 1 heterocycles. The summed E-state index contributed by atoms with van der Waals surface area (Å²) in [6.45, 7) is 2.05. The van der Waals surface area contributed by atoms with E-state index in [0.717, 1.165) is 17.3 Å². The molecular weight excluding hydrogens is 293 g/mol. The summed E-state index contributed by atoms with van der Waals surface area (Å²) in [6.07, 6.45) is 0. The van der Waals surface area contributed by atoms with Gasteiger partial charge in [-0.05, 0) is 24.6 Å². The summed E-state index contributed by atoms with van der Waals surface area (Å²) in [5, 5.41) is 3.13. The van der Waals surface area contributed by atoms with Gasteiger partial charge in [-0.2, -0.15) is 0 Å². The average molecular weight is 307 g/mol. The number of carbonyl (C=O) groups excluding carboxylic acids is 1. The number of halogens is 1. The number of amides is 1. The largest absolute Gasteiger partial charge is 0.351 e. The first-order valence-electron chi connectivity index (χ1n) is 6.25. The molecule has 0 atom stereocenters. The highest BCUT2D eigenvalue weighted by Crippen LogP contribution is 2.10. The fourth-order valence-electron chi connectivity index (χ4n) is 1.61. The van der Waals surface area contributed by atoms with Crippen LogP contribution in [0, 0.1) is 12.7 Å². The molecule has 0 bridgehead atoms. The molecule has 0 spiro atoms. The van der Waals surface area contributed by atoms with Crippen molar-refractivity contribution in [3.05, 3.63) is 57.8 Å². The first kappa shape index (κ1) is 15.2. The van der Waals surface area contributed by atoms with Gasteiger partial charge in [0.05, 0.1) is 5.75 Å². The molecule has 0 aliphatic carbocycles. The zero-order chi connectivity index (χ0) is 15.2.